The Morgan fingerprint density at radius 2 is 2.09 bits per heavy atom. The fourth-order valence-corrected chi connectivity index (χ4v) is 7.05. The minimum absolute atomic E-state index is 0.150. The van der Waals surface area contributed by atoms with Gasteiger partial charge in [0.05, 0.1) is 0 Å². The van der Waals surface area contributed by atoms with E-state index in [2.05, 4.69) is 41.5 Å². The number of carbonyl (C=O) groups excluding carboxylic acids is 2. The zero-order chi connectivity index (χ0) is 22.3. The highest BCUT2D eigenvalue weighted by Crippen LogP contribution is 2.62. The summed E-state index contributed by atoms with van der Waals surface area (Å²) in [6, 6.07) is 11.3. The van der Waals surface area contributed by atoms with Gasteiger partial charge in [0, 0.05) is 30.5 Å². The number of hydrogen-bond acceptors (Lipinski definition) is 3. The van der Waals surface area contributed by atoms with Crippen LogP contribution in [0, 0.1) is 29.0 Å². The molecule has 2 saturated carbocycles. The van der Waals surface area contributed by atoms with Gasteiger partial charge in [-0.15, -0.1) is 0 Å². The molecule has 1 aromatic carbocycles. The third kappa shape index (κ3) is 3.76. The van der Waals surface area contributed by atoms with Gasteiger partial charge in [0.25, 0.3) is 0 Å². The van der Waals surface area contributed by atoms with Crippen LogP contribution in [-0.2, 0) is 16.0 Å². The maximum Gasteiger partial charge on any atom is 0.225 e. The normalized spacial score (nSPS) is 30.9. The Morgan fingerprint density at radius 1 is 1.25 bits per heavy atom. The highest BCUT2D eigenvalue weighted by Gasteiger charge is 2.58. The number of Topliss-reactive ketones (excluding diaryl/α,β-unsaturated/α-hetero) is 1. The lowest BCUT2D eigenvalue weighted by molar-refractivity contribution is -0.129. The van der Waals surface area contributed by atoms with Gasteiger partial charge < -0.3 is 5.32 Å². The zero-order valence-electron chi connectivity index (χ0n) is 18.6. The molecule has 32 heavy (non-hydrogen) atoms. The second-order valence-electron chi connectivity index (χ2n) is 10.2. The van der Waals surface area contributed by atoms with E-state index in [-0.39, 0.29) is 17.1 Å². The summed E-state index contributed by atoms with van der Waals surface area (Å²) >= 11 is 0. The molecule has 0 spiro atoms. The van der Waals surface area contributed by atoms with E-state index < -0.39 is 5.82 Å². The topological polar surface area (TPSA) is 59.1 Å². The van der Waals surface area contributed by atoms with E-state index in [0.29, 0.717) is 42.3 Å². The second kappa shape index (κ2) is 8.42. The van der Waals surface area contributed by atoms with Crippen LogP contribution < -0.4 is 5.32 Å². The number of anilines is 1. The van der Waals surface area contributed by atoms with Gasteiger partial charge >= 0.3 is 0 Å². The predicted octanol–water partition coefficient (Wildman–Crippen LogP) is 5.68. The van der Waals surface area contributed by atoms with Crippen LogP contribution in [0.2, 0.25) is 0 Å². The molecular formula is C27H31FN2O2. The van der Waals surface area contributed by atoms with Gasteiger partial charge in [0.1, 0.15) is 17.4 Å². The van der Waals surface area contributed by atoms with Crippen LogP contribution in [-0.4, -0.2) is 16.7 Å². The van der Waals surface area contributed by atoms with Crippen molar-refractivity contribution in [2.45, 2.75) is 64.2 Å². The molecule has 2 aromatic rings. The van der Waals surface area contributed by atoms with Gasteiger partial charge in [-0.25, -0.2) is 9.37 Å². The highest BCUT2D eigenvalue weighted by molar-refractivity contribution is 5.90. The molecule has 5 atom stereocenters. The Bertz CT molecular complexity index is 1040. The maximum atomic E-state index is 13.3. The van der Waals surface area contributed by atoms with Crippen molar-refractivity contribution in [3.8, 4) is 0 Å². The van der Waals surface area contributed by atoms with Crippen molar-refractivity contribution in [2.24, 2.45) is 23.2 Å². The average molecular weight is 435 g/mol. The quantitative estimate of drug-likeness (QED) is 0.658. The van der Waals surface area contributed by atoms with Crippen molar-refractivity contribution in [1.29, 1.82) is 0 Å². The van der Waals surface area contributed by atoms with Crippen LogP contribution in [0.5, 0.6) is 0 Å². The molecule has 3 unspecified atom stereocenters. The fraction of sp³-hybridized carbons (Fsp3) is 0.519. The Kier molecular flexibility index (Phi) is 5.60. The molecule has 1 N–H and O–H groups in total. The number of rotatable bonds is 5. The fourth-order valence-electron chi connectivity index (χ4n) is 7.05. The second-order valence-corrected chi connectivity index (χ2v) is 10.2. The number of nitrogens with one attached hydrogen (secondary N) is 1. The SMILES string of the molecule is C[C@]12CCC3c4ccccc4CCC3C1[C@H](CCCC(=O)Nc1cc(F)ccn1)CC2=O. The first-order valence-corrected chi connectivity index (χ1v) is 12.0. The lowest BCUT2D eigenvalue weighted by Gasteiger charge is -2.50. The van der Waals surface area contributed by atoms with E-state index in [1.54, 1.807) is 0 Å². The molecule has 3 aliphatic rings. The van der Waals surface area contributed by atoms with E-state index in [9.17, 15) is 14.0 Å². The first kappa shape index (κ1) is 21.3. The van der Waals surface area contributed by atoms with Crippen LogP contribution in [0.15, 0.2) is 42.6 Å². The largest absolute Gasteiger partial charge is 0.311 e. The van der Waals surface area contributed by atoms with Crippen molar-refractivity contribution >= 4 is 17.5 Å². The smallest absolute Gasteiger partial charge is 0.225 e. The molecule has 5 rings (SSSR count). The number of benzene rings is 1. The summed E-state index contributed by atoms with van der Waals surface area (Å²) in [6.07, 6.45) is 8.34. The number of aromatic nitrogens is 1. The molecule has 0 radical (unpaired) electrons. The molecule has 0 saturated heterocycles. The number of amides is 1. The molecule has 2 fully saturated rings. The van der Waals surface area contributed by atoms with Crippen LogP contribution in [0.1, 0.15) is 68.9 Å². The number of aryl methyl sites for hydroxylation is 1. The zero-order valence-corrected chi connectivity index (χ0v) is 18.6. The molecule has 0 aliphatic heterocycles. The summed E-state index contributed by atoms with van der Waals surface area (Å²) in [6.45, 7) is 2.21. The molecule has 3 aliphatic carbocycles. The van der Waals surface area contributed by atoms with Crippen LogP contribution in [0.4, 0.5) is 10.2 Å². The monoisotopic (exact) mass is 434 g/mol. The number of pyridine rings is 1. The Balaban J connectivity index is 1.26. The van der Waals surface area contributed by atoms with E-state index in [0.717, 1.165) is 38.5 Å². The van der Waals surface area contributed by atoms with Crippen molar-refractivity contribution in [3.63, 3.8) is 0 Å². The summed E-state index contributed by atoms with van der Waals surface area (Å²) in [4.78, 5) is 29.4. The van der Waals surface area contributed by atoms with E-state index in [4.69, 9.17) is 0 Å². The Hall–Kier alpha value is -2.56. The number of ketones is 1. The molecule has 1 heterocycles. The predicted molar refractivity (Wildman–Crippen MR) is 122 cm³/mol. The van der Waals surface area contributed by atoms with Gasteiger partial charge in [-0.3, -0.25) is 9.59 Å². The summed E-state index contributed by atoms with van der Waals surface area (Å²) in [7, 11) is 0. The van der Waals surface area contributed by atoms with E-state index in [1.165, 1.54) is 29.5 Å². The van der Waals surface area contributed by atoms with E-state index in [1.807, 2.05) is 0 Å². The Labute approximate surface area is 189 Å². The standard InChI is InChI=1S/C27H31FN2O2/c1-27-13-11-21-20-7-3-2-5-17(20)9-10-22(21)26(27)18(15-23(27)31)6-4-8-25(32)30-24-16-19(28)12-14-29-24/h2-3,5,7,12,14,16,18,21-22,26H,4,6,8-11,13,15H2,1H3,(H,29,30,32)/t18-,21?,22?,26?,27-/m1/s1. The number of hydrogen-bond donors (Lipinski definition) is 1. The van der Waals surface area contributed by atoms with Gasteiger partial charge in [-0.05, 0) is 79.4 Å². The molecule has 168 valence electrons. The third-order valence-corrected chi connectivity index (χ3v) is 8.45. The summed E-state index contributed by atoms with van der Waals surface area (Å²) in [5, 5.41) is 2.68. The number of halogens is 1. The molecule has 0 bridgehead atoms. The lowest BCUT2D eigenvalue weighted by Crippen LogP contribution is -2.44. The summed E-state index contributed by atoms with van der Waals surface area (Å²) in [5.41, 5.74) is 2.79. The minimum Gasteiger partial charge on any atom is -0.311 e. The van der Waals surface area contributed by atoms with Crippen molar-refractivity contribution in [1.82, 2.24) is 4.98 Å². The average Bonchev–Trinajstić information content (AvgIpc) is 3.03. The summed E-state index contributed by atoms with van der Waals surface area (Å²) < 4.78 is 13.3. The first-order chi connectivity index (χ1) is 15.5. The molecule has 4 nitrogen and oxygen atoms in total. The van der Waals surface area contributed by atoms with Gasteiger partial charge in [-0.1, -0.05) is 31.2 Å². The minimum atomic E-state index is -0.417. The van der Waals surface area contributed by atoms with Crippen LogP contribution in [0.25, 0.3) is 0 Å². The van der Waals surface area contributed by atoms with Crippen LogP contribution in [0.3, 0.4) is 0 Å². The first-order valence-electron chi connectivity index (χ1n) is 12.0. The van der Waals surface area contributed by atoms with Crippen molar-refractivity contribution in [3.05, 3.63) is 59.5 Å². The Morgan fingerprint density at radius 3 is 2.94 bits per heavy atom. The van der Waals surface area contributed by atoms with Gasteiger partial charge in [0.15, 0.2) is 0 Å². The molecular weight excluding hydrogens is 403 g/mol. The van der Waals surface area contributed by atoms with Gasteiger partial charge in [-0.2, -0.15) is 0 Å². The summed E-state index contributed by atoms with van der Waals surface area (Å²) in [5.74, 6) is 2.00. The lowest BCUT2D eigenvalue weighted by atomic mass is 9.54. The molecule has 1 aromatic heterocycles. The highest BCUT2D eigenvalue weighted by atomic mass is 19.1. The van der Waals surface area contributed by atoms with Gasteiger partial charge in [0.2, 0.25) is 5.91 Å². The number of carbonyl (C=O) groups is 2. The van der Waals surface area contributed by atoms with Crippen LogP contribution >= 0.6 is 0 Å². The van der Waals surface area contributed by atoms with Crippen molar-refractivity contribution < 1.29 is 14.0 Å². The van der Waals surface area contributed by atoms with E-state index >= 15 is 0 Å². The number of fused-ring (bicyclic) bond motifs is 5. The third-order valence-electron chi connectivity index (χ3n) is 8.45. The van der Waals surface area contributed by atoms with Crippen molar-refractivity contribution in [2.75, 3.05) is 5.32 Å². The number of nitrogens with zero attached hydrogens (tertiary/aromatic N) is 1. The molecule has 5 heteroatoms. The maximum absolute atomic E-state index is 13.3. The molecule has 1 amide bonds.